The van der Waals surface area contributed by atoms with Gasteiger partial charge in [0.15, 0.2) is 0 Å². The van der Waals surface area contributed by atoms with Gasteiger partial charge in [0.1, 0.15) is 17.2 Å². The van der Waals surface area contributed by atoms with Crippen LogP contribution in [0.15, 0.2) is 53.6 Å². The minimum absolute atomic E-state index is 0.0854. The Labute approximate surface area is 142 Å². The van der Waals surface area contributed by atoms with E-state index < -0.39 is 11.5 Å². The van der Waals surface area contributed by atoms with Gasteiger partial charge in [0.25, 0.3) is 11.5 Å². The van der Waals surface area contributed by atoms with Crippen LogP contribution >= 0.6 is 11.6 Å². The Bertz CT molecular complexity index is 951. The van der Waals surface area contributed by atoms with Crippen LogP contribution < -0.4 is 10.9 Å². The van der Waals surface area contributed by atoms with Crippen molar-refractivity contribution in [3.05, 3.63) is 75.3 Å². The highest BCUT2D eigenvalue weighted by atomic mass is 35.5. The lowest BCUT2D eigenvalue weighted by atomic mass is 10.2. The first-order valence-electron chi connectivity index (χ1n) is 7.13. The Morgan fingerprint density at radius 1 is 1.17 bits per heavy atom. The zero-order chi connectivity index (χ0) is 17.1. The average molecular weight is 341 g/mol. The lowest BCUT2D eigenvalue weighted by Crippen LogP contribution is -2.24. The number of benzene rings is 1. The lowest BCUT2D eigenvalue weighted by Gasteiger charge is -2.07. The predicted octanol–water partition coefficient (Wildman–Crippen LogP) is 3.05. The number of amides is 1. The zero-order valence-corrected chi connectivity index (χ0v) is 13.5. The van der Waals surface area contributed by atoms with E-state index >= 15 is 0 Å². The monoisotopic (exact) mass is 340 g/mol. The molecule has 0 spiro atoms. The van der Waals surface area contributed by atoms with Gasteiger partial charge in [0.2, 0.25) is 0 Å². The Balaban J connectivity index is 1.87. The summed E-state index contributed by atoms with van der Waals surface area (Å²) in [5, 5.41) is 3.19. The van der Waals surface area contributed by atoms with Crippen molar-refractivity contribution in [3.63, 3.8) is 0 Å². The molecular weight excluding hydrogens is 328 g/mol. The van der Waals surface area contributed by atoms with E-state index in [9.17, 15) is 9.59 Å². The average Bonchev–Trinajstić information content (AvgIpc) is 2.57. The quantitative estimate of drug-likeness (QED) is 0.767. The van der Waals surface area contributed by atoms with Crippen molar-refractivity contribution in [1.29, 1.82) is 0 Å². The molecule has 0 saturated carbocycles. The molecule has 2 N–H and O–H groups in total. The van der Waals surface area contributed by atoms with Gasteiger partial charge in [-0.3, -0.25) is 9.59 Å². The maximum absolute atomic E-state index is 12.3. The summed E-state index contributed by atoms with van der Waals surface area (Å²) in [5.74, 6) is 0.208. The molecule has 1 amide bonds. The first kappa shape index (κ1) is 15.9. The van der Waals surface area contributed by atoms with Gasteiger partial charge in [-0.25, -0.2) is 9.97 Å². The van der Waals surface area contributed by atoms with Gasteiger partial charge in [-0.05, 0) is 42.8 Å². The second kappa shape index (κ2) is 6.64. The number of halogens is 1. The number of hydrogen-bond acceptors (Lipinski definition) is 4. The summed E-state index contributed by atoms with van der Waals surface area (Å²) in [5.41, 5.74) is 0.885. The van der Waals surface area contributed by atoms with Crippen molar-refractivity contribution in [2.75, 3.05) is 5.32 Å². The molecule has 2 heterocycles. The summed E-state index contributed by atoms with van der Waals surface area (Å²) >= 11 is 5.84. The molecule has 3 aromatic rings. The van der Waals surface area contributed by atoms with Crippen molar-refractivity contribution in [1.82, 2.24) is 15.0 Å². The van der Waals surface area contributed by atoms with E-state index in [-0.39, 0.29) is 5.56 Å². The summed E-state index contributed by atoms with van der Waals surface area (Å²) in [7, 11) is 0. The van der Waals surface area contributed by atoms with Crippen molar-refractivity contribution in [2.45, 2.75) is 6.92 Å². The third-order valence-electron chi connectivity index (χ3n) is 3.40. The molecule has 3 rings (SSSR count). The molecule has 0 saturated heterocycles. The number of aryl methyl sites for hydroxylation is 1. The highest BCUT2D eigenvalue weighted by Crippen LogP contribution is 2.17. The molecule has 6 nitrogen and oxygen atoms in total. The van der Waals surface area contributed by atoms with Crippen LogP contribution in [0.25, 0.3) is 11.4 Å². The molecule has 0 atom stereocenters. The van der Waals surface area contributed by atoms with Crippen LogP contribution in [0, 0.1) is 6.92 Å². The number of carbonyl (C=O) groups is 1. The minimum Gasteiger partial charge on any atom is -0.306 e. The second-order valence-corrected chi connectivity index (χ2v) is 5.54. The van der Waals surface area contributed by atoms with E-state index in [1.165, 1.54) is 6.20 Å². The number of nitrogens with one attached hydrogen (secondary N) is 2. The number of H-pyrrole nitrogens is 1. The smallest absolute Gasteiger partial charge is 0.264 e. The zero-order valence-electron chi connectivity index (χ0n) is 12.7. The third kappa shape index (κ3) is 3.33. The van der Waals surface area contributed by atoms with Crippen LogP contribution in [-0.4, -0.2) is 20.9 Å². The summed E-state index contributed by atoms with van der Waals surface area (Å²) in [6.45, 7) is 1.81. The van der Waals surface area contributed by atoms with E-state index in [0.29, 0.717) is 22.2 Å². The molecule has 0 radical (unpaired) electrons. The van der Waals surface area contributed by atoms with Crippen LogP contribution in [-0.2, 0) is 0 Å². The number of nitrogens with zero attached hydrogens (tertiary/aromatic N) is 2. The molecule has 0 fully saturated rings. The fourth-order valence-corrected chi connectivity index (χ4v) is 2.23. The van der Waals surface area contributed by atoms with E-state index in [4.69, 9.17) is 11.6 Å². The van der Waals surface area contributed by atoms with Crippen LogP contribution in [0.2, 0.25) is 5.02 Å². The molecule has 1 aromatic carbocycles. The highest BCUT2D eigenvalue weighted by molar-refractivity contribution is 6.30. The van der Waals surface area contributed by atoms with Crippen LogP contribution in [0.3, 0.4) is 0 Å². The molecule has 2 aromatic heterocycles. The molecule has 120 valence electrons. The van der Waals surface area contributed by atoms with Crippen LogP contribution in [0.5, 0.6) is 0 Å². The summed E-state index contributed by atoms with van der Waals surface area (Å²) in [4.78, 5) is 35.3. The van der Waals surface area contributed by atoms with Gasteiger partial charge < -0.3 is 10.3 Å². The minimum atomic E-state index is -0.562. The number of anilines is 1. The molecule has 0 unspecified atom stereocenters. The third-order valence-corrected chi connectivity index (χ3v) is 3.65. The van der Waals surface area contributed by atoms with Crippen LogP contribution in [0.1, 0.15) is 15.9 Å². The number of aromatic amines is 1. The molecule has 0 aliphatic rings. The molecule has 24 heavy (non-hydrogen) atoms. The topological polar surface area (TPSA) is 87.7 Å². The van der Waals surface area contributed by atoms with Crippen LogP contribution in [0.4, 0.5) is 5.82 Å². The van der Waals surface area contributed by atoms with Gasteiger partial charge >= 0.3 is 0 Å². The summed E-state index contributed by atoms with van der Waals surface area (Å²) < 4.78 is 0. The standard InChI is InChI=1S/C17H13ClN4O2/c1-10-3-2-8-19-14(10)21-16(23)13-9-20-15(22-17(13)24)11-4-6-12(18)7-5-11/h2-9H,1H3,(H,19,21,23)(H,20,22,24). The van der Waals surface area contributed by atoms with Gasteiger partial charge in [-0.1, -0.05) is 17.7 Å². The van der Waals surface area contributed by atoms with Gasteiger partial charge in [-0.15, -0.1) is 0 Å². The fraction of sp³-hybridized carbons (Fsp3) is 0.0588. The number of carbonyl (C=O) groups excluding carboxylic acids is 1. The Hall–Kier alpha value is -2.99. The van der Waals surface area contributed by atoms with Crippen molar-refractivity contribution in [3.8, 4) is 11.4 Å². The molecular formula is C17H13ClN4O2. The first-order chi connectivity index (χ1) is 11.5. The number of hydrogen-bond donors (Lipinski definition) is 2. The van der Waals surface area contributed by atoms with E-state index in [1.807, 2.05) is 13.0 Å². The maximum Gasteiger partial charge on any atom is 0.264 e. The number of pyridine rings is 1. The highest BCUT2D eigenvalue weighted by Gasteiger charge is 2.14. The molecule has 0 bridgehead atoms. The number of rotatable bonds is 3. The lowest BCUT2D eigenvalue weighted by molar-refractivity contribution is 0.102. The largest absolute Gasteiger partial charge is 0.306 e. The van der Waals surface area contributed by atoms with Crippen molar-refractivity contribution >= 4 is 23.3 Å². The summed E-state index contributed by atoms with van der Waals surface area (Å²) in [6, 6.07) is 10.4. The Kier molecular flexibility index (Phi) is 4.39. The SMILES string of the molecule is Cc1cccnc1NC(=O)c1cnc(-c2ccc(Cl)cc2)[nH]c1=O. The van der Waals surface area contributed by atoms with Crippen molar-refractivity contribution < 1.29 is 4.79 Å². The Morgan fingerprint density at radius 3 is 2.58 bits per heavy atom. The molecule has 7 heteroatoms. The number of aromatic nitrogens is 3. The van der Waals surface area contributed by atoms with Gasteiger partial charge in [-0.2, -0.15) is 0 Å². The van der Waals surface area contributed by atoms with E-state index in [0.717, 1.165) is 5.56 Å². The molecule has 0 aliphatic heterocycles. The normalized spacial score (nSPS) is 10.4. The second-order valence-electron chi connectivity index (χ2n) is 5.10. The van der Waals surface area contributed by atoms with Crippen molar-refractivity contribution in [2.24, 2.45) is 0 Å². The first-order valence-corrected chi connectivity index (χ1v) is 7.50. The molecule has 0 aliphatic carbocycles. The van der Waals surface area contributed by atoms with E-state index in [2.05, 4.69) is 20.3 Å². The van der Waals surface area contributed by atoms with Gasteiger partial charge in [0, 0.05) is 23.0 Å². The van der Waals surface area contributed by atoms with E-state index in [1.54, 1.807) is 36.5 Å². The fourth-order valence-electron chi connectivity index (χ4n) is 2.10. The van der Waals surface area contributed by atoms with Gasteiger partial charge in [0.05, 0.1) is 0 Å². The summed E-state index contributed by atoms with van der Waals surface area (Å²) in [6.07, 6.45) is 2.81. The Morgan fingerprint density at radius 2 is 1.92 bits per heavy atom. The maximum atomic E-state index is 12.3. The predicted molar refractivity (Wildman–Crippen MR) is 92.2 cm³/mol.